The van der Waals surface area contributed by atoms with Crippen LogP contribution in [0.3, 0.4) is 0 Å². The molecule has 0 aromatic carbocycles. The predicted molar refractivity (Wildman–Crippen MR) is 15.6 cm³/mol. The van der Waals surface area contributed by atoms with E-state index in [-0.39, 0.29) is 20.4 Å². The average molecular weight is 496 g/mol. The van der Waals surface area contributed by atoms with Gasteiger partial charge >= 0.3 is 0 Å². The summed E-state index contributed by atoms with van der Waals surface area (Å²) < 4.78 is 0. The maximum Gasteiger partial charge on any atom is 0 e. The summed E-state index contributed by atoms with van der Waals surface area (Å²) in [4.78, 5) is 0. The van der Waals surface area contributed by atoms with Crippen molar-refractivity contribution in [2.24, 2.45) is 0 Å². The molecule has 0 spiro atoms. The van der Waals surface area contributed by atoms with Gasteiger partial charge in [-0.3, -0.25) is 0 Å². The van der Waals surface area contributed by atoms with Crippen LogP contribution in [0.1, 0.15) is 13.8 Å². The first-order chi connectivity index (χ1) is 1.41. The van der Waals surface area contributed by atoms with Crippen LogP contribution in [-0.2, 0) is 20.4 Å². The van der Waals surface area contributed by atoms with E-state index in [1.165, 1.54) is 0 Å². The van der Waals surface area contributed by atoms with Crippen LogP contribution in [0.2, 0.25) is 0 Å². The Hall–Kier alpha value is -0.338. The first-order valence-corrected chi connectivity index (χ1v) is 1.15. The van der Waals surface area contributed by atoms with Crippen molar-refractivity contribution < 1.29 is 20.4 Å². The van der Waals surface area contributed by atoms with Crippen molar-refractivity contribution in [3.05, 3.63) is 6.42 Å². The van der Waals surface area contributed by atoms with E-state index >= 15 is 0 Å². The van der Waals surface area contributed by atoms with Crippen LogP contribution in [0.5, 0.6) is 0 Å². The number of hydrogen-bond donors (Lipinski definition) is 0. The Labute approximate surface area is 41.2 Å². The van der Waals surface area contributed by atoms with Gasteiger partial charge in [0.15, 0.2) is 0 Å². The molecule has 0 heterocycles. The summed E-state index contributed by atoms with van der Waals surface area (Å²) >= 11 is 0. The van der Waals surface area contributed by atoms with E-state index in [2.05, 4.69) is 0 Å². The second-order valence-electron chi connectivity index (χ2n) is 0.577. The molecule has 0 rings (SSSR count). The number of rotatable bonds is 0. The molecule has 0 N–H and O–H groups in total. The van der Waals surface area contributed by atoms with Gasteiger partial charge < -0.3 is 6.42 Å². The van der Waals surface area contributed by atoms with Crippen molar-refractivity contribution in [3.8, 4) is 0 Å². The van der Waals surface area contributed by atoms with Crippen LogP contribution in [0, 0.1) is 6.42 Å². The van der Waals surface area contributed by atoms with Crippen molar-refractivity contribution in [1.82, 2.24) is 0 Å². The van der Waals surface area contributed by atoms with Crippen LogP contribution < -0.4 is 0 Å². The Morgan fingerprint density at radius 1 is 1.20 bits per heavy atom. The van der Waals surface area contributed by atoms with Gasteiger partial charge in [0.05, 0.1) is 0 Å². The van der Waals surface area contributed by atoms with E-state index in [4.69, 9.17) is 0 Å². The molecule has 5 heavy (non-hydrogen) atoms. The van der Waals surface area contributed by atoms with Gasteiger partial charge in [-0.05, 0) is 0 Å². The fourth-order valence-electron chi connectivity index (χ4n) is 0. The third kappa shape index (κ3) is 88.8. The van der Waals surface area contributed by atoms with E-state index < -0.39 is 0 Å². The molecule has 0 aliphatic rings. The van der Waals surface area contributed by atoms with Crippen molar-refractivity contribution in [2.75, 3.05) is 0 Å². The first kappa shape index (κ1) is 22.6. The standard InChI is InChI=1S/C3H7.Re.Rf/c1-3-2;;/h3H,1-2H3;;/q-1;;. The second kappa shape index (κ2) is 59.2. The Kier molecular flexibility index (Phi) is 268. The van der Waals surface area contributed by atoms with Crippen LogP contribution in [0.25, 0.3) is 0 Å². The SMILES string of the molecule is C[CH-]C.[Re].[Rf]. The zero-order valence-electron chi connectivity index (χ0n) is 3.66. The number of hydrogen-bond acceptors (Lipinski definition) is 0. The molecule has 0 saturated carbocycles. The molecule has 0 aliphatic heterocycles. The molecule has 29 valence electrons. The molecule has 0 aromatic rings. The Bertz CT molecular complexity index is 6.85. The molecule has 0 aliphatic carbocycles. The van der Waals surface area contributed by atoms with Crippen LogP contribution in [0.15, 0.2) is 0 Å². The topological polar surface area (TPSA) is 0 Å². The van der Waals surface area contributed by atoms with E-state index in [1.807, 2.05) is 20.3 Å². The van der Waals surface area contributed by atoms with Crippen molar-refractivity contribution >= 4 is 0 Å². The van der Waals surface area contributed by atoms with E-state index in [0.717, 1.165) is 0 Å². The third-order valence-corrected chi connectivity index (χ3v) is 0. The summed E-state index contributed by atoms with van der Waals surface area (Å²) in [5, 5.41) is 0. The molecular formula is C3H7ReRf-. The van der Waals surface area contributed by atoms with Gasteiger partial charge in [-0.2, -0.15) is 13.8 Å². The molecular weight excluding hydrogens is 489 g/mol. The summed E-state index contributed by atoms with van der Waals surface area (Å²) in [5.41, 5.74) is 0. The zero-order chi connectivity index (χ0) is 2.71. The maximum atomic E-state index is 2.00. The Morgan fingerprint density at radius 2 is 1.20 bits per heavy atom. The van der Waals surface area contributed by atoms with Crippen molar-refractivity contribution in [2.45, 2.75) is 13.8 Å². The summed E-state index contributed by atoms with van der Waals surface area (Å²) in [7, 11) is 0. The molecule has 2 heteroatoms. The average Bonchev–Trinajstić information content (AvgIpc) is 0.918. The van der Waals surface area contributed by atoms with Gasteiger partial charge in [0, 0.05) is 20.4 Å². The van der Waals surface area contributed by atoms with E-state index in [1.54, 1.807) is 0 Å². The van der Waals surface area contributed by atoms with Gasteiger partial charge in [-0.25, -0.2) is 0 Å². The normalized spacial score (nSPS) is 3.60. The van der Waals surface area contributed by atoms with Gasteiger partial charge in [-0.1, -0.05) is 0 Å². The third-order valence-electron chi connectivity index (χ3n) is 0. The molecule has 0 nitrogen and oxygen atoms in total. The quantitative estimate of drug-likeness (QED) is 0.443. The molecule has 0 bridgehead atoms. The maximum absolute atomic E-state index is 2.00. The van der Waals surface area contributed by atoms with Gasteiger partial charge in [-0.15, -0.1) is 0 Å². The van der Waals surface area contributed by atoms with E-state index in [9.17, 15) is 0 Å². The fraction of sp³-hybridized carbons (Fsp3) is 0.667. The van der Waals surface area contributed by atoms with Gasteiger partial charge in [0.25, 0.3) is 0 Å². The van der Waals surface area contributed by atoms with Crippen LogP contribution >= 0.6 is 0 Å². The van der Waals surface area contributed by atoms with Crippen LogP contribution in [-0.4, -0.2) is 0 Å². The Morgan fingerprint density at radius 3 is 1.20 bits per heavy atom. The summed E-state index contributed by atoms with van der Waals surface area (Å²) in [6.45, 7) is 4.00. The molecule has 0 atom stereocenters. The molecule has 0 fully saturated rings. The monoisotopic (exact) mass is 497 g/mol. The van der Waals surface area contributed by atoms with Gasteiger partial charge in [0.2, 0.25) is 0 Å². The minimum absolute atomic E-state index is 0. The van der Waals surface area contributed by atoms with Gasteiger partial charge in [0.1, 0.15) is 0 Å². The summed E-state index contributed by atoms with van der Waals surface area (Å²) in [5.74, 6) is 0. The molecule has 1 radical (unpaired) electrons. The summed E-state index contributed by atoms with van der Waals surface area (Å²) in [6.07, 6.45) is 2.00. The molecule has 0 saturated heterocycles. The molecule has 0 unspecified atom stereocenters. The minimum atomic E-state index is 0. The van der Waals surface area contributed by atoms with Crippen LogP contribution in [0.4, 0.5) is 0 Å². The first-order valence-electron chi connectivity index (χ1n) is 1.15. The fourth-order valence-corrected chi connectivity index (χ4v) is 0. The zero-order valence-corrected chi connectivity index (χ0v) is 12.8. The van der Waals surface area contributed by atoms with E-state index in [0.29, 0.717) is 0 Å². The predicted octanol–water partition coefficient (Wildman–Crippen LogP) is 1.23. The van der Waals surface area contributed by atoms with Crippen molar-refractivity contribution in [3.63, 3.8) is 0 Å². The molecule has 0 amide bonds. The van der Waals surface area contributed by atoms with Crippen molar-refractivity contribution in [1.29, 1.82) is 0 Å². The second-order valence-corrected chi connectivity index (χ2v) is 0.577. The molecule has 0 aromatic heterocycles. The Balaban J connectivity index is -0.0000000200. The largest absolute Gasteiger partial charge is 0.335 e. The smallest absolute Gasteiger partial charge is 0 e. The summed E-state index contributed by atoms with van der Waals surface area (Å²) in [6, 6.07) is 0. The minimum Gasteiger partial charge on any atom is -0.335 e.